The minimum Gasteiger partial charge on any atom is -0.354 e. The van der Waals surface area contributed by atoms with Crippen molar-refractivity contribution in [1.29, 1.82) is 0 Å². The minimum atomic E-state index is 0.521. The van der Waals surface area contributed by atoms with Crippen LogP contribution in [0.15, 0.2) is 35.3 Å². The molecule has 2 N–H and O–H groups in total. The van der Waals surface area contributed by atoms with E-state index in [1.54, 1.807) is 0 Å². The van der Waals surface area contributed by atoms with Crippen LogP contribution < -0.4 is 10.6 Å². The van der Waals surface area contributed by atoms with Crippen LogP contribution in [0.2, 0.25) is 0 Å². The molecular weight excluding hydrogens is 342 g/mol. The van der Waals surface area contributed by atoms with Gasteiger partial charge in [-0.15, -0.1) is 0 Å². The summed E-state index contributed by atoms with van der Waals surface area (Å²) in [6, 6.07) is 10.8. The molecule has 2 unspecified atom stereocenters. The van der Waals surface area contributed by atoms with Gasteiger partial charge in [-0.3, -0.25) is 4.99 Å². The maximum absolute atomic E-state index is 4.72. The first-order valence-electron chi connectivity index (χ1n) is 9.23. The summed E-state index contributed by atoms with van der Waals surface area (Å²) in [5.41, 5.74) is 4.54. The first-order chi connectivity index (χ1) is 12.6. The molecule has 1 fully saturated rings. The highest BCUT2D eigenvalue weighted by atomic mass is 32.2. The second-order valence-corrected chi connectivity index (χ2v) is 7.97. The fourth-order valence-electron chi connectivity index (χ4n) is 3.60. The number of guanidine groups is 1. The third-order valence-electron chi connectivity index (χ3n) is 5.16. The van der Waals surface area contributed by atoms with Crippen molar-refractivity contribution in [2.45, 2.75) is 50.9 Å². The van der Waals surface area contributed by atoms with Crippen molar-refractivity contribution in [2.75, 3.05) is 13.3 Å². The Kier molecular flexibility index (Phi) is 6.25. The van der Waals surface area contributed by atoms with Crippen molar-refractivity contribution in [2.24, 2.45) is 4.99 Å². The average Bonchev–Trinajstić information content (AvgIpc) is 3.24. The molecule has 2 atom stereocenters. The summed E-state index contributed by atoms with van der Waals surface area (Å²) in [6.45, 7) is 4.92. The predicted octanol–water partition coefficient (Wildman–Crippen LogP) is 3.44. The Morgan fingerprint density at radius 2 is 2.04 bits per heavy atom. The molecule has 1 saturated carbocycles. The lowest BCUT2D eigenvalue weighted by molar-refractivity contribution is 0.614. The molecule has 0 amide bonds. The Hall–Kier alpha value is -1.95. The van der Waals surface area contributed by atoms with Gasteiger partial charge in [0.15, 0.2) is 5.96 Å². The lowest BCUT2D eigenvalue weighted by Crippen LogP contribution is -2.42. The van der Waals surface area contributed by atoms with Crippen molar-refractivity contribution in [3.63, 3.8) is 0 Å². The zero-order valence-corrected chi connectivity index (χ0v) is 16.9. The lowest BCUT2D eigenvalue weighted by Gasteiger charge is -2.17. The van der Waals surface area contributed by atoms with Gasteiger partial charge in [0.1, 0.15) is 0 Å². The zero-order chi connectivity index (χ0) is 18.5. The van der Waals surface area contributed by atoms with Crippen LogP contribution in [0.5, 0.6) is 0 Å². The van der Waals surface area contributed by atoms with Gasteiger partial charge in [0.25, 0.3) is 0 Å². The van der Waals surface area contributed by atoms with Gasteiger partial charge in [0, 0.05) is 36.1 Å². The van der Waals surface area contributed by atoms with E-state index in [1.807, 2.05) is 41.7 Å². The number of para-hydroxylation sites is 1. The Morgan fingerprint density at radius 3 is 2.69 bits per heavy atom. The average molecular weight is 372 g/mol. The quantitative estimate of drug-likeness (QED) is 0.624. The second kappa shape index (κ2) is 8.62. The Labute approximate surface area is 160 Å². The van der Waals surface area contributed by atoms with Gasteiger partial charge in [-0.2, -0.15) is 16.9 Å². The number of aryl methyl sites for hydroxylation is 1. The van der Waals surface area contributed by atoms with Crippen molar-refractivity contribution >= 4 is 17.7 Å². The van der Waals surface area contributed by atoms with Gasteiger partial charge in [-0.05, 0) is 51.5 Å². The molecule has 1 aromatic heterocycles. The van der Waals surface area contributed by atoms with Crippen LogP contribution >= 0.6 is 11.8 Å². The molecule has 6 heteroatoms. The van der Waals surface area contributed by atoms with Crippen molar-refractivity contribution < 1.29 is 0 Å². The van der Waals surface area contributed by atoms with Crippen LogP contribution in [0, 0.1) is 13.8 Å². The number of thioether (sulfide) groups is 1. The number of nitrogens with one attached hydrogen (secondary N) is 2. The molecule has 1 heterocycles. The molecular formula is C20H29N5S. The molecule has 1 aliphatic rings. The Bertz CT molecular complexity index is 753. The maximum Gasteiger partial charge on any atom is 0.191 e. The topological polar surface area (TPSA) is 54.2 Å². The van der Waals surface area contributed by atoms with Gasteiger partial charge in [0.05, 0.1) is 11.4 Å². The van der Waals surface area contributed by atoms with Crippen LogP contribution in [-0.4, -0.2) is 40.3 Å². The highest BCUT2D eigenvalue weighted by molar-refractivity contribution is 7.99. The summed E-state index contributed by atoms with van der Waals surface area (Å²) in [7, 11) is 1.84. The molecule has 2 aromatic rings. The lowest BCUT2D eigenvalue weighted by atomic mass is 10.2. The van der Waals surface area contributed by atoms with E-state index in [-0.39, 0.29) is 0 Å². The predicted molar refractivity (Wildman–Crippen MR) is 111 cm³/mol. The monoisotopic (exact) mass is 371 g/mol. The maximum atomic E-state index is 4.72. The number of hydrogen-bond donors (Lipinski definition) is 2. The van der Waals surface area contributed by atoms with E-state index in [2.05, 4.69) is 47.9 Å². The smallest absolute Gasteiger partial charge is 0.191 e. The molecule has 26 heavy (non-hydrogen) atoms. The van der Waals surface area contributed by atoms with E-state index in [4.69, 9.17) is 5.10 Å². The number of aliphatic imine (C=N–C) groups is 1. The van der Waals surface area contributed by atoms with E-state index in [0.717, 1.165) is 29.1 Å². The van der Waals surface area contributed by atoms with Gasteiger partial charge in [-0.1, -0.05) is 18.2 Å². The van der Waals surface area contributed by atoms with Gasteiger partial charge >= 0.3 is 0 Å². The van der Waals surface area contributed by atoms with Crippen molar-refractivity contribution in [3.05, 3.63) is 47.3 Å². The third-order valence-corrected chi connectivity index (χ3v) is 6.25. The van der Waals surface area contributed by atoms with E-state index in [9.17, 15) is 0 Å². The van der Waals surface area contributed by atoms with E-state index >= 15 is 0 Å². The number of rotatable bonds is 5. The molecule has 0 saturated heterocycles. The van der Waals surface area contributed by atoms with Crippen molar-refractivity contribution in [1.82, 2.24) is 20.4 Å². The van der Waals surface area contributed by atoms with Crippen LogP contribution in [0.3, 0.4) is 0 Å². The Balaban J connectivity index is 1.65. The fraction of sp³-hybridized carbons (Fsp3) is 0.500. The summed E-state index contributed by atoms with van der Waals surface area (Å²) >= 11 is 1.97. The number of benzene rings is 1. The molecule has 5 nitrogen and oxygen atoms in total. The Morgan fingerprint density at radius 1 is 1.27 bits per heavy atom. The van der Waals surface area contributed by atoms with Crippen molar-refractivity contribution in [3.8, 4) is 5.69 Å². The molecule has 0 aliphatic heterocycles. The summed E-state index contributed by atoms with van der Waals surface area (Å²) in [4.78, 5) is 4.40. The summed E-state index contributed by atoms with van der Waals surface area (Å²) in [6.07, 6.45) is 5.93. The van der Waals surface area contributed by atoms with Crippen LogP contribution in [0.1, 0.15) is 36.2 Å². The minimum absolute atomic E-state index is 0.521. The summed E-state index contributed by atoms with van der Waals surface area (Å²) in [5.74, 6) is 0.878. The molecule has 140 valence electrons. The van der Waals surface area contributed by atoms with E-state index in [0.29, 0.717) is 6.04 Å². The summed E-state index contributed by atoms with van der Waals surface area (Å²) < 4.78 is 2.02. The second-order valence-electron chi connectivity index (χ2n) is 6.83. The van der Waals surface area contributed by atoms with E-state index in [1.165, 1.54) is 30.5 Å². The number of nitrogens with zero attached hydrogens (tertiary/aromatic N) is 3. The molecule has 1 aromatic carbocycles. The number of aromatic nitrogens is 2. The first kappa shape index (κ1) is 18.8. The van der Waals surface area contributed by atoms with Gasteiger partial charge in [0.2, 0.25) is 0 Å². The van der Waals surface area contributed by atoms with Gasteiger partial charge < -0.3 is 10.6 Å². The standard InChI is InChI=1S/C20H29N5S/c1-14-19(15(2)25(24-14)17-8-6-5-7-9-17)13-22-20(21-3)23-16-10-11-18(12-16)26-4/h5-9,16,18H,10-13H2,1-4H3,(H2,21,22,23). The van der Waals surface area contributed by atoms with Crippen LogP contribution in [-0.2, 0) is 6.54 Å². The molecule has 0 spiro atoms. The summed E-state index contributed by atoms with van der Waals surface area (Å²) in [5, 5.41) is 12.5. The van der Waals surface area contributed by atoms with Crippen LogP contribution in [0.4, 0.5) is 0 Å². The zero-order valence-electron chi connectivity index (χ0n) is 16.1. The largest absolute Gasteiger partial charge is 0.354 e. The molecule has 0 radical (unpaired) electrons. The molecule has 1 aliphatic carbocycles. The number of hydrogen-bond acceptors (Lipinski definition) is 3. The fourth-order valence-corrected chi connectivity index (χ4v) is 4.39. The highest BCUT2D eigenvalue weighted by Crippen LogP contribution is 2.28. The molecule has 3 rings (SSSR count). The normalized spacial score (nSPS) is 20.4. The highest BCUT2D eigenvalue weighted by Gasteiger charge is 2.24. The SMILES string of the molecule is CN=C(NCc1c(C)nn(-c2ccccc2)c1C)NC1CCC(SC)C1. The van der Waals surface area contributed by atoms with Gasteiger partial charge in [-0.25, -0.2) is 4.68 Å². The van der Waals surface area contributed by atoms with Crippen LogP contribution in [0.25, 0.3) is 5.69 Å². The first-order valence-corrected chi connectivity index (χ1v) is 10.5. The van der Waals surface area contributed by atoms with E-state index < -0.39 is 0 Å². The molecule has 0 bridgehead atoms. The third kappa shape index (κ3) is 4.23.